The Hall–Kier alpha value is -2.40. The third-order valence-electron chi connectivity index (χ3n) is 5.36. The van der Waals surface area contributed by atoms with E-state index in [1.807, 2.05) is 12.1 Å². The summed E-state index contributed by atoms with van der Waals surface area (Å²) < 4.78 is 5.08. The molecule has 1 fully saturated rings. The van der Waals surface area contributed by atoms with Crippen molar-refractivity contribution in [2.45, 2.75) is 33.1 Å². The number of fused-ring (bicyclic) bond motifs is 1. The number of allylic oxidation sites excluding steroid dienone is 2. The lowest BCUT2D eigenvalue weighted by Gasteiger charge is -2.37. The molecule has 0 amide bonds. The van der Waals surface area contributed by atoms with Gasteiger partial charge < -0.3 is 9.62 Å². The van der Waals surface area contributed by atoms with Crippen molar-refractivity contribution < 1.29 is 24.1 Å². The van der Waals surface area contributed by atoms with Gasteiger partial charge in [-0.1, -0.05) is 25.1 Å². The summed E-state index contributed by atoms with van der Waals surface area (Å²) in [5.41, 5.74) is 0.835. The molecular formula is C21H24O5. The molecule has 138 valence electrons. The number of ketones is 1. The molecule has 0 aromatic heterocycles. The van der Waals surface area contributed by atoms with E-state index in [9.17, 15) is 9.59 Å². The molecule has 5 heteroatoms. The van der Waals surface area contributed by atoms with Gasteiger partial charge in [0, 0.05) is 18.9 Å². The summed E-state index contributed by atoms with van der Waals surface area (Å²) >= 11 is 0. The van der Waals surface area contributed by atoms with E-state index in [0.29, 0.717) is 31.0 Å². The van der Waals surface area contributed by atoms with Gasteiger partial charge in [0.15, 0.2) is 11.5 Å². The maximum Gasteiger partial charge on any atom is 0.308 e. The van der Waals surface area contributed by atoms with Gasteiger partial charge in [-0.05, 0) is 42.9 Å². The summed E-state index contributed by atoms with van der Waals surface area (Å²) in [5, 5.41) is 0. The number of esters is 1. The number of benzene rings is 1. The van der Waals surface area contributed by atoms with Gasteiger partial charge in [-0.15, -0.1) is 6.58 Å². The van der Waals surface area contributed by atoms with Crippen molar-refractivity contribution in [3.05, 3.63) is 54.3 Å². The van der Waals surface area contributed by atoms with Crippen molar-refractivity contribution in [1.82, 2.24) is 0 Å². The third kappa shape index (κ3) is 3.58. The second-order valence-electron chi connectivity index (χ2n) is 7.18. The van der Waals surface area contributed by atoms with Crippen LogP contribution in [-0.4, -0.2) is 18.4 Å². The zero-order valence-corrected chi connectivity index (χ0v) is 15.2. The van der Waals surface area contributed by atoms with E-state index in [1.165, 1.54) is 6.92 Å². The summed E-state index contributed by atoms with van der Waals surface area (Å²) in [6.07, 6.45) is 5.57. The van der Waals surface area contributed by atoms with Crippen molar-refractivity contribution in [3.63, 3.8) is 0 Å². The molecule has 1 aliphatic carbocycles. The topological polar surface area (TPSA) is 61.8 Å². The van der Waals surface area contributed by atoms with Crippen LogP contribution in [0.3, 0.4) is 0 Å². The first-order valence-electron chi connectivity index (χ1n) is 8.88. The first-order chi connectivity index (χ1) is 12.4. The fourth-order valence-corrected chi connectivity index (χ4v) is 3.86. The highest BCUT2D eigenvalue weighted by Gasteiger charge is 2.51. The van der Waals surface area contributed by atoms with Gasteiger partial charge in [-0.2, -0.15) is 4.89 Å². The Labute approximate surface area is 153 Å². The van der Waals surface area contributed by atoms with Crippen molar-refractivity contribution in [3.8, 4) is 5.75 Å². The number of hydrogen-bond donors (Lipinski definition) is 0. The lowest BCUT2D eigenvalue weighted by Crippen LogP contribution is -2.39. The van der Waals surface area contributed by atoms with Crippen LogP contribution in [-0.2, 0) is 25.8 Å². The maximum absolute atomic E-state index is 12.3. The minimum atomic E-state index is -0.333. The fraction of sp³-hybridized carbons (Fsp3) is 0.429. The quantitative estimate of drug-likeness (QED) is 0.336. The van der Waals surface area contributed by atoms with Crippen molar-refractivity contribution in [1.29, 1.82) is 0 Å². The predicted molar refractivity (Wildman–Crippen MR) is 96.1 cm³/mol. The number of rotatable bonds is 6. The Bertz CT molecular complexity index is 733. The van der Waals surface area contributed by atoms with Crippen LogP contribution >= 0.6 is 0 Å². The minimum Gasteiger partial charge on any atom is -0.427 e. The molecule has 1 heterocycles. The molecule has 0 bridgehead atoms. The summed E-state index contributed by atoms with van der Waals surface area (Å²) in [5.74, 6) is 1.08. The molecule has 1 aliphatic heterocycles. The lowest BCUT2D eigenvalue weighted by atomic mass is 9.64. The Kier molecular flexibility index (Phi) is 5.28. The zero-order valence-electron chi connectivity index (χ0n) is 15.2. The van der Waals surface area contributed by atoms with Gasteiger partial charge in [0.1, 0.15) is 12.4 Å². The van der Waals surface area contributed by atoms with Crippen LogP contribution in [0, 0.1) is 17.3 Å². The Balaban J connectivity index is 1.78. The highest BCUT2D eigenvalue weighted by molar-refractivity contribution is 5.93. The second kappa shape index (κ2) is 7.46. The van der Waals surface area contributed by atoms with Gasteiger partial charge in [0.25, 0.3) is 0 Å². The van der Waals surface area contributed by atoms with Crippen LogP contribution in [0.1, 0.15) is 32.3 Å². The second-order valence-corrected chi connectivity index (χ2v) is 7.18. The number of carbonyl (C=O) groups is 2. The van der Waals surface area contributed by atoms with Gasteiger partial charge in [0.05, 0.1) is 5.41 Å². The van der Waals surface area contributed by atoms with Crippen LogP contribution < -0.4 is 4.74 Å². The Morgan fingerprint density at radius 2 is 2.15 bits per heavy atom. The molecule has 5 nitrogen and oxygen atoms in total. The van der Waals surface area contributed by atoms with Crippen LogP contribution in [0.15, 0.2) is 48.8 Å². The molecule has 2 aliphatic rings. The normalized spacial score (nSPS) is 25.7. The summed E-state index contributed by atoms with van der Waals surface area (Å²) in [4.78, 5) is 33.9. The average Bonchev–Trinajstić information content (AvgIpc) is 3.00. The van der Waals surface area contributed by atoms with E-state index in [1.54, 1.807) is 24.3 Å². The van der Waals surface area contributed by atoms with E-state index in [4.69, 9.17) is 14.5 Å². The Morgan fingerprint density at radius 1 is 1.42 bits per heavy atom. The molecule has 1 saturated heterocycles. The zero-order chi connectivity index (χ0) is 18.7. The lowest BCUT2D eigenvalue weighted by molar-refractivity contribution is -0.224. The van der Waals surface area contributed by atoms with E-state index < -0.39 is 0 Å². The predicted octanol–water partition coefficient (Wildman–Crippen LogP) is 3.79. The van der Waals surface area contributed by atoms with Gasteiger partial charge in [-0.25, -0.2) is 0 Å². The van der Waals surface area contributed by atoms with Crippen LogP contribution in [0.25, 0.3) is 0 Å². The summed E-state index contributed by atoms with van der Waals surface area (Å²) in [6, 6.07) is 7.51. The molecule has 0 spiro atoms. The summed E-state index contributed by atoms with van der Waals surface area (Å²) in [6.45, 7) is 7.76. The monoisotopic (exact) mass is 356 g/mol. The molecule has 1 aromatic carbocycles. The molecule has 1 aromatic rings. The first-order valence-corrected chi connectivity index (χ1v) is 8.88. The van der Waals surface area contributed by atoms with Crippen molar-refractivity contribution >= 4 is 11.8 Å². The van der Waals surface area contributed by atoms with E-state index in [2.05, 4.69) is 13.5 Å². The Morgan fingerprint density at radius 3 is 2.81 bits per heavy atom. The molecule has 0 unspecified atom stereocenters. The smallest absolute Gasteiger partial charge is 0.308 e. The highest BCUT2D eigenvalue weighted by atomic mass is 17.2. The highest BCUT2D eigenvalue weighted by Crippen LogP contribution is 2.51. The summed E-state index contributed by atoms with van der Waals surface area (Å²) in [7, 11) is 0. The molecule has 0 N–H and O–H groups in total. The molecule has 3 rings (SSSR count). The van der Waals surface area contributed by atoms with Gasteiger partial charge in [0.2, 0.25) is 0 Å². The minimum absolute atomic E-state index is 0.0738. The number of ether oxygens (including phenoxy) is 1. The number of hydrogen-bond acceptors (Lipinski definition) is 5. The van der Waals surface area contributed by atoms with Crippen molar-refractivity contribution in [2.75, 3.05) is 6.61 Å². The maximum atomic E-state index is 12.3. The number of carbonyl (C=O) groups excluding carboxylic acids is 2. The SMILES string of the molecule is C=CC[C@H]1C[C@@]2([C@@H](C)Cc3ccc(OC(C)=O)cc3)COOC2=CC1=O. The van der Waals surface area contributed by atoms with E-state index in [-0.39, 0.29) is 29.0 Å². The van der Waals surface area contributed by atoms with Crippen LogP contribution in [0.2, 0.25) is 0 Å². The van der Waals surface area contributed by atoms with Gasteiger partial charge in [-0.3, -0.25) is 9.59 Å². The molecule has 26 heavy (non-hydrogen) atoms. The molecule has 0 radical (unpaired) electrons. The largest absolute Gasteiger partial charge is 0.427 e. The van der Waals surface area contributed by atoms with Crippen LogP contribution in [0.5, 0.6) is 5.75 Å². The first kappa shape index (κ1) is 18.4. The standard InChI is InChI=1S/C21H24O5/c1-4-5-17-12-21(13-24-26-20(21)11-19(17)23)14(2)10-16-6-8-18(9-7-16)25-15(3)22/h4,6-9,11,14,17H,1,5,10,12-13H2,2-3H3/t14-,17-,21-/m0/s1. The van der Waals surface area contributed by atoms with E-state index >= 15 is 0 Å². The van der Waals surface area contributed by atoms with Gasteiger partial charge >= 0.3 is 5.97 Å². The third-order valence-corrected chi connectivity index (χ3v) is 5.36. The van der Waals surface area contributed by atoms with E-state index in [0.717, 1.165) is 12.0 Å². The van der Waals surface area contributed by atoms with Crippen LogP contribution in [0.4, 0.5) is 0 Å². The molecular weight excluding hydrogens is 332 g/mol. The fourth-order valence-electron chi connectivity index (χ4n) is 3.86. The average molecular weight is 356 g/mol. The van der Waals surface area contributed by atoms with Crippen molar-refractivity contribution in [2.24, 2.45) is 17.3 Å². The molecule has 0 saturated carbocycles. The molecule has 3 atom stereocenters.